The van der Waals surface area contributed by atoms with Crippen LogP contribution in [0.5, 0.6) is 0 Å². The van der Waals surface area contributed by atoms with Crippen LogP contribution in [0.1, 0.15) is 18.4 Å². The van der Waals surface area contributed by atoms with Crippen molar-refractivity contribution >= 4 is 16.1 Å². The summed E-state index contributed by atoms with van der Waals surface area (Å²) in [6.07, 6.45) is -3.82. The van der Waals surface area contributed by atoms with Crippen molar-refractivity contribution in [2.24, 2.45) is 4.99 Å². The van der Waals surface area contributed by atoms with Gasteiger partial charge >= 0.3 is 6.18 Å². The van der Waals surface area contributed by atoms with Crippen molar-refractivity contribution in [1.82, 2.24) is 4.31 Å². The number of rotatable bonds is 3. The Balaban J connectivity index is 2.53. The summed E-state index contributed by atoms with van der Waals surface area (Å²) >= 11 is 0. The topological polar surface area (TPSA) is 66.8 Å². The average Bonchev–Trinajstić information content (AvgIpc) is 2.87. The minimum Gasteiger partial charge on any atom is -0.211 e. The van der Waals surface area contributed by atoms with E-state index < -0.39 is 32.8 Å². The molecular weight excluding hydrogens is 309 g/mol. The molecule has 1 aromatic carbocycles. The van der Waals surface area contributed by atoms with Crippen LogP contribution in [-0.2, 0) is 21.0 Å². The first kappa shape index (κ1) is 15.7. The van der Waals surface area contributed by atoms with Crippen LogP contribution in [0.3, 0.4) is 0 Å². The van der Waals surface area contributed by atoms with E-state index in [0.717, 1.165) is 16.4 Å². The van der Waals surface area contributed by atoms with E-state index in [9.17, 15) is 26.4 Å². The highest BCUT2D eigenvalue weighted by Crippen LogP contribution is 2.36. The Morgan fingerprint density at radius 3 is 2.57 bits per heavy atom. The molecule has 1 aliphatic rings. The lowest BCUT2D eigenvalue weighted by Crippen LogP contribution is -2.35. The lowest BCUT2D eigenvalue weighted by molar-refractivity contribution is -0.139. The van der Waals surface area contributed by atoms with Gasteiger partial charge in [0.2, 0.25) is 16.1 Å². The molecule has 5 nitrogen and oxygen atoms in total. The van der Waals surface area contributed by atoms with E-state index in [-0.39, 0.29) is 13.0 Å². The third-order valence-electron chi connectivity index (χ3n) is 3.15. The molecule has 1 heterocycles. The molecule has 1 aliphatic heterocycles. The van der Waals surface area contributed by atoms with E-state index >= 15 is 0 Å². The Hall–Kier alpha value is -1.70. The number of aliphatic imine (C=N–C) groups is 1. The van der Waals surface area contributed by atoms with E-state index in [1.165, 1.54) is 12.1 Å². The average molecular weight is 320 g/mol. The summed E-state index contributed by atoms with van der Waals surface area (Å²) in [6, 6.07) is 3.95. The monoisotopic (exact) mass is 320 g/mol. The smallest absolute Gasteiger partial charge is 0.211 e. The lowest BCUT2D eigenvalue weighted by atomic mass is 10.2. The number of carbonyl (C=O) groups excluding carboxylic acids is 1. The zero-order valence-electron chi connectivity index (χ0n) is 10.7. The standard InChI is InChI=1S/C12H11F3N2O3S/c13-12(14,15)9-4-1-2-5-10(9)21(19,20)17-7-3-6-11(17)16-8-18/h1-2,4-5,11H,3,6-7H2. The second-order valence-corrected chi connectivity index (χ2v) is 6.31. The maximum Gasteiger partial charge on any atom is 0.417 e. The van der Waals surface area contributed by atoms with Gasteiger partial charge in [0.25, 0.3) is 0 Å². The van der Waals surface area contributed by atoms with E-state index in [0.29, 0.717) is 12.5 Å². The SMILES string of the molecule is O=C=NC1CCCN1S(=O)(=O)c1ccccc1C(F)(F)F. The van der Waals surface area contributed by atoms with Crippen molar-refractivity contribution in [2.45, 2.75) is 30.1 Å². The number of hydrogen-bond acceptors (Lipinski definition) is 4. The number of hydrogen-bond donors (Lipinski definition) is 0. The van der Waals surface area contributed by atoms with Crippen LogP contribution in [-0.4, -0.2) is 31.5 Å². The van der Waals surface area contributed by atoms with Crippen molar-refractivity contribution in [3.05, 3.63) is 29.8 Å². The third-order valence-corrected chi connectivity index (χ3v) is 5.11. The zero-order valence-corrected chi connectivity index (χ0v) is 11.5. The fourth-order valence-corrected chi connectivity index (χ4v) is 4.05. The molecule has 0 N–H and O–H groups in total. The molecule has 0 aromatic heterocycles. The number of isocyanates is 1. The molecule has 1 atom stereocenters. The van der Waals surface area contributed by atoms with E-state index in [2.05, 4.69) is 4.99 Å². The Bertz CT molecular complexity index is 681. The van der Waals surface area contributed by atoms with E-state index in [4.69, 9.17) is 0 Å². The first-order valence-corrected chi connectivity index (χ1v) is 7.47. The Morgan fingerprint density at radius 2 is 1.95 bits per heavy atom. The van der Waals surface area contributed by atoms with E-state index in [1.807, 2.05) is 0 Å². The maximum atomic E-state index is 12.9. The zero-order chi connectivity index (χ0) is 15.7. The summed E-state index contributed by atoms with van der Waals surface area (Å²) in [5.41, 5.74) is -1.23. The Kier molecular flexibility index (Phi) is 4.18. The van der Waals surface area contributed by atoms with Crippen molar-refractivity contribution < 1.29 is 26.4 Å². The van der Waals surface area contributed by atoms with Gasteiger partial charge in [-0.15, -0.1) is 0 Å². The number of sulfonamides is 1. The molecule has 0 aliphatic carbocycles. The number of benzene rings is 1. The van der Waals surface area contributed by atoms with Gasteiger partial charge in [-0.05, 0) is 25.0 Å². The van der Waals surface area contributed by atoms with Crippen molar-refractivity contribution in [1.29, 1.82) is 0 Å². The minimum absolute atomic E-state index is 0.0182. The van der Waals surface area contributed by atoms with Crippen molar-refractivity contribution in [2.75, 3.05) is 6.54 Å². The van der Waals surface area contributed by atoms with Crippen LogP contribution in [0.15, 0.2) is 34.2 Å². The summed E-state index contributed by atoms with van der Waals surface area (Å²) < 4.78 is 64.5. The van der Waals surface area contributed by atoms with Gasteiger partial charge in [-0.2, -0.15) is 22.5 Å². The first-order valence-electron chi connectivity index (χ1n) is 6.03. The molecule has 2 rings (SSSR count). The third kappa shape index (κ3) is 2.99. The molecule has 1 aromatic rings. The molecule has 1 saturated heterocycles. The predicted molar refractivity (Wildman–Crippen MR) is 66.5 cm³/mol. The molecule has 0 spiro atoms. The summed E-state index contributed by atoms with van der Waals surface area (Å²) in [7, 11) is -4.38. The van der Waals surface area contributed by atoms with Gasteiger partial charge in [0, 0.05) is 6.54 Å². The van der Waals surface area contributed by atoms with Crippen LogP contribution in [0.25, 0.3) is 0 Å². The molecule has 1 fully saturated rings. The summed E-state index contributed by atoms with van der Waals surface area (Å²) in [5.74, 6) is 0. The summed E-state index contributed by atoms with van der Waals surface area (Å²) in [6.45, 7) is 0.0182. The summed E-state index contributed by atoms with van der Waals surface area (Å²) in [5, 5.41) is 0. The highest BCUT2D eigenvalue weighted by Gasteiger charge is 2.42. The molecule has 9 heteroatoms. The summed E-state index contributed by atoms with van der Waals surface area (Å²) in [4.78, 5) is 12.8. The fraction of sp³-hybridized carbons (Fsp3) is 0.417. The molecule has 0 saturated carbocycles. The quantitative estimate of drug-likeness (QED) is 0.633. The number of nitrogens with zero attached hydrogens (tertiary/aromatic N) is 2. The second-order valence-electron chi connectivity index (χ2n) is 4.45. The normalized spacial score (nSPS) is 20.2. The number of alkyl halides is 3. The molecule has 0 bridgehead atoms. The van der Waals surface area contributed by atoms with E-state index in [1.54, 1.807) is 0 Å². The van der Waals surface area contributed by atoms with Crippen molar-refractivity contribution in [3.8, 4) is 0 Å². The van der Waals surface area contributed by atoms with Gasteiger partial charge in [-0.3, -0.25) is 0 Å². The minimum atomic E-state index is -4.78. The highest BCUT2D eigenvalue weighted by molar-refractivity contribution is 7.89. The van der Waals surface area contributed by atoms with Gasteiger partial charge in [0.05, 0.1) is 10.5 Å². The Morgan fingerprint density at radius 1 is 1.29 bits per heavy atom. The van der Waals surface area contributed by atoms with Crippen LogP contribution in [0.2, 0.25) is 0 Å². The largest absolute Gasteiger partial charge is 0.417 e. The maximum absolute atomic E-state index is 12.9. The van der Waals surface area contributed by atoms with Gasteiger partial charge in [-0.1, -0.05) is 12.1 Å². The molecule has 0 radical (unpaired) electrons. The van der Waals surface area contributed by atoms with Gasteiger partial charge in [-0.25, -0.2) is 13.2 Å². The highest BCUT2D eigenvalue weighted by atomic mass is 32.2. The van der Waals surface area contributed by atoms with Crippen molar-refractivity contribution in [3.63, 3.8) is 0 Å². The number of halogens is 3. The van der Waals surface area contributed by atoms with Crippen LogP contribution >= 0.6 is 0 Å². The predicted octanol–water partition coefficient (Wildman–Crippen LogP) is 2.15. The molecular formula is C12H11F3N2O3S. The molecule has 1 unspecified atom stereocenters. The second kappa shape index (κ2) is 5.59. The van der Waals surface area contributed by atoms with Gasteiger partial charge < -0.3 is 0 Å². The fourth-order valence-electron chi connectivity index (χ4n) is 2.24. The van der Waals surface area contributed by atoms with Crippen LogP contribution < -0.4 is 0 Å². The van der Waals surface area contributed by atoms with Crippen LogP contribution in [0.4, 0.5) is 13.2 Å². The molecule has 114 valence electrons. The lowest BCUT2D eigenvalue weighted by Gasteiger charge is -2.22. The van der Waals surface area contributed by atoms with Gasteiger partial charge in [0.1, 0.15) is 6.17 Å². The first-order chi connectivity index (χ1) is 9.78. The molecule has 0 amide bonds. The van der Waals surface area contributed by atoms with Gasteiger partial charge in [0.15, 0.2) is 0 Å². The Labute approximate surface area is 119 Å². The molecule has 21 heavy (non-hydrogen) atoms. The van der Waals surface area contributed by atoms with Crippen LogP contribution in [0, 0.1) is 0 Å².